The van der Waals surface area contributed by atoms with Gasteiger partial charge in [-0.2, -0.15) is 18.4 Å². The smallest absolute Gasteiger partial charge is 0.419 e. The van der Waals surface area contributed by atoms with Gasteiger partial charge in [0.2, 0.25) is 0 Å². The van der Waals surface area contributed by atoms with Crippen molar-refractivity contribution >= 4 is 29.9 Å². The van der Waals surface area contributed by atoms with Crippen LogP contribution < -0.4 is 9.80 Å². The molecule has 2 aliphatic rings. The van der Waals surface area contributed by atoms with E-state index in [4.69, 9.17) is 5.26 Å². The number of aromatic nitrogens is 1. The number of thiol groups is 1. The van der Waals surface area contributed by atoms with E-state index < -0.39 is 45.9 Å². The predicted molar refractivity (Wildman–Crippen MR) is 101 cm³/mol. The minimum atomic E-state index is -4.83. The van der Waals surface area contributed by atoms with Crippen molar-refractivity contribution in [3.63, 3.8) is 0 Å². The molecule has 1 amide bonds. The van der Waals surface area contributed by atoms with Gasteiger partial charge in [-0.25, -0.2) is 9.37 Å². The molecule has 2 heterocycles. The number of carbonyl (C=O) groups excluding carboxylic acids is 1. The average Bonchev–Trinajstić information content (AvgIpc) is 2.90. The molecule has 1 aromatic carbocycles. The maximum absolute atomic E-state index is 13.5. The van der Waals surface area contributed by atoms with Crippen LogP contribution in [0, 0.1) is 17.1 Å². The Balaban J connectivity index is 1.82. The number of hydrogen-bond donors (Lipinski definition) is 2. The summed E-state index contributed by atoms with van der Waals surface area (Å²) in [6.45, 7) is 0. The fourth-order valence-electron chi connectivity index (χ4n) is 3.91. The van der Waals surface area contributed by atoms with Gasteiger partial charge in [-0.3, -0.25) is 9.69 Å². The number of aromatic hydroxyl groups is 1. The lowest BCUT2D eigenvalue weighted by Gasteiger charge is -2.44. The predicted octanol–water partition coefficient (Wildman–Crippen LogP) is 3.81. The molecule has 1 aliphatic carbocycles. The fraction of sp³-hybridized carbons (Fsp3) is 0.316. The lowest BCUT2D eigenvalue weighted by Crippen LogP contribution is -2.55. The third-order valence-electron chi connectivity index (χ3n) is 5.49. The number of rotatable bonds is 2. The molecule has 1 saturated carbocycles. The van der Waals surface area contributed by atoms with Crippen molar-refractivity contribution < 1.29 is 27.5 Å². The summed E-state index contributed by atoms with van der Waals surface area (Å²) >= 11 is 4.46. The molecule has 11 heteroatoms. The number of pyridine rings is 1. The molecule has 1 saturated heterocycles. The average molecular weight is 438 g/mol. The molecular weight excluding hydrogens is 424 g/mol. The Bertz CT molecular complexity index is 1080. The van der Waals surface area contributed by atoms with Crippen LogP contribution in [-0.4, -0.2) is 27.0 Å². The van der Waals surface area contributed by atoms with E-state index >= 15 is 0 Å². The number of nitriles is 1. The van der Waals surface area contributed by atoms with Crippen molar-refractivity contribution in [1.29, 1.82) is 5.26 Å². The first-order chi connectivity index (χ1) is 14.1. The molecule has 1 atom stereocenters. The summed E-state index contributed by atoms with van der Waals surface area (Å²) in [6, 6.07) is 5.65. The van der Waals surface area contributed by atoms with Gasteiger partial charge in [0, 0.05) is 11.8 Å². The van der Waals surface area contributed by atoms with E-state index in [2.05, 4.69) is 17.6 Å². The number of amides is 1. The summed E-state index contributed by atoms with van der Waals surface area (Å²) in [6.07, 6.45) is -2.25. The first kappa shape index (κ1) is 20.3. The van der Waals surface area contributed by atoms with Crippen LogP contribution in [0.2, 0.25) is 0 Å². The minimum Gasteiger partial charge on any atom is -0.505 e. The topological polar surface area (TPSA) is 80.5 Å². The van der Waals surface area contributed by atoms with Crippen LogP contribution in [0.4, 0.5) is 28.9 Å². The number of phenolic OH excluding ortho intramolecular Hbond substituents is 1. The zero-order valence-electron chi connectivity index (χ0n) is 15.2. The Labute approximate surface area is 173 Å². The van der Waals surface area contributed by atoms with Crippen molar-refractivity contribution in [2.24, 2.45) is 0 Å². The van der Waals surface area contributed by atoms with Crippen LogP contribution in [0.1, 0.15) is 30.5 Å². The van der Waals surface area contributed by atoms with E-state index in [-0.39, 0.29) is 5.69 Å². The van der Waals surface area contributed by atoms with Gasteiger partial charge in [0.25, 0.3) is 5.91 Å². The molecule has 0 bridgehead atoms. The number of phenols is 1. The largest absolute Gasteiger partial charge is 0.505 e. The highest BCUT2D eigenvalue weighted by Gasteiger charge is 2.60. The van der Waals surface area contributed by atoms with Gasteiger partial charge < -0.3 is 10.0 Å². The van der Waals surface area contributed by atoms with Crippen molar-refractivity contribution in [3.8, 4) is 11.8 Å². The summed E-state index contributed by atoms with van der Waals surface area (Å²) in [5.74, 6) is -1.93. The second-order valence-electron chi connectivity index (χ2n) is 7.11. The highest BCUT2D eigenvalue weighted by atomic mass is 32.1. The number of carbonyl (C=O) groups is 1. The summed E-state index contributed by atoms with van der Waals surface area (Å²) in [5, 5.41) is 18.7. The monoisotopic (exact) mass is 438 g/mol. The van der Waals surface area contributed by atoms with E-state index in [0.717, 1.165) is 23.2 Å². The summed E-state index contributed by atoms with van der Waals surface area (Å²) in [4.78, 5) is 19.5. The number of alkyl halides is 3. The first-order valence-electron chi connectivity index (χ1n) is 8.87. The van der Waals surface area contributed by atoms with Gasteiger partial charge in [-0.15, -0.1) is 12.6 Å². The van der Waals surface area contributed by atoms with Gasteiger partial charge >= 0.3 is 6.18 Å². The normalized spacial score (nSPS) is 20.4. The van der Waals surface area contributed by atoms with E-state index in [9.17, 15) is 27.5 Å². The summed E-state index contributed by atoms with van der Waals surface area (Å²) < 4.78 is 53.6. The maximum Gasteiger partial charge on any atom is 0.419 e. The van der Waals surface area contributed by atoms with Gasteiger partial charge in [0.15, 0.2) is 22.8 Å². The Morgan fingerprint density at radius 2 is 1.97 bits per heavy atom. The molecular formula is C19H14F4N4O2S. The summed E-state index contributed by atoms with van der Waals surface area (Å²) in [7, 11) is 0. The Morgan fingerprint density at radius 1 is 1.27 bits per heavy atom. The summed E-state index contributed by atoms with van der Waals surface area (Å²) in [5.41, 5.74) is -4.00. The molecule has 1 spiro atoms. The molecule has 2 fully saturated rings. The van der Waals surface area contributed by atoms with E-state index in [0.29, 0.717) is 31.0 Å². The van der Waals surface area contributed by atoms with Gasteiger partial charge in [-0.1, -0.05) is 0 Å². The second kappa shape index (κ2) is 6.77. The zero-order valence-corrected chi connectivity index (χ0v) is 16.1. The quantitative estimate of drug-likeness (QED) is 0.551. The fourth-order valence-corrected chi connectivity index (χ4v) is 4.50. The van der Waals surface area contributed by atoms with Crippen LogP contribution in [-0.2, 0) is 11.0 Å². The number of nitrogens with zero attached hydrogens (tertiary/aromatic N) is 4. The van der Waals surface area contributed by atoms with Crippen LogP contribution in [0.3, 0.4) is 0 Å². The molecule has 30 heavy (non-hydrogen) atoms. The number of hydrogen-bond acceptors (Lipinski definition) is 6. The Kier molecular flexibility index (Phi) is 4.58. The van der Waals surface area contributed by atoms with E-state index in [1.54, 1.807) is 4.90 Å². The molecule has 6 nitrogen and oxygen atoms in total. The van der Waals surface area contributed by atoms with Crippen molar-refractivity contribution in [2.75, 3.05) is 9.80 Å². The lowest BCUT2D eigenvalue weighted by molar-refractivity contribution is -0.138. The third-order valence-corrected chi connectivity index (χ3v) is 5.95. The maximum atomic E-state index is 13.5. The SMILES string of the molecule is N#Cc1ncc(N2C(=O)C3(CCC3)N(c3ccc(F)c(O)c3)C2S)cc1C(F)(F)F. The van der Waals surface area contributed by atoms with Crippen LogP contribution in [0.5, 0.6) is 5.75 Å². The number of halogens is 4. The lowest BCUT2D eigenvalue weighted by atomic mass is 9.75. The third kappa shape index (κ3) is 2.86. The van der Waals surface area contributed by atoms with Gasteiger partial charge in [0.1, 0.15) is 11.6 Å². The van der Waals surface area contributed by atoms with Crippen molar-refractivity contribution in [3.05, 3.63) is 47.5 Å². The molecule has 2 aromatic rings. The second-order valence-corrected chi connectivity index (χ2v) is 7.57. The van der Waals surface area contributed by atoms with Crippen molar-refractivity contribution in [1.82, 2.24) is 4.98 Å². The number of anilines is 2. The number of benzene rings is 1. The highest BCUT2D eigenvalue weighted by molar-refractivity contribution is 7.81. The zero-order chi connectivity index (χ0) is 21.8. The Hall–Kier alpha value is -3.00. The standard InChI is InChI=1S/C19H14F4N4O2S/c20-13-3-2-10(7-15(13)28)27-17(30)26(16(29)18(27)4-1-5-18)11-6-12(19(21,22)23)14(8-24)25-9-11/h2-3,6-7,9,17,28,30H,1,4-5H2. The van der Waals surface area contributed by atoms with Crippen LogP contribution in [0.15, 0.2) is 30.5 Å². The Morgan fingerprint density at radius 3 is 2.50 bits per heavy atom. The van der Waals surface area contributed by atoms with E-state index in [1.165, 1.54) is 12.1 Å². The molecule has 4 rings (SSSR count). The molecule has 0 radical (unpaired) electrons. The van der Waals surface area contributed by atoms with Crippen molar-refractivity contribution in [2.45, 2.75) is 36.5 Å². The molecule has 156 valence electrons. The molecule has 1 aliphatic heterocycles. The first-order valence-corrected chi connectivity index (χ1v) is 9.39. The minimum absolute atomic E-state index is 0.161. The molecule has 1 unspecified atom stereocenters. The van der Waals surface area contributed by atoms with Crippen LogP contribution in [0.25, 0.3) is 0 Å². The van der Waals surface area contributed by atoms with Crippen LogP contribution >= 0.6 is 12.6 Å². The molecule has 1 N–H and O–H groups in total. The van der Waals surface area contributed by atoms with Gasteiger partial charge in [-0.05, 0) is 37.5 Å². The highest BCUT2D eigenvalue weighted by Crippen LogP contribution is 2.50. The van der Waals surface area contributed by atoms with Gasteiger partial charge in [0.05, 0.1) is 17.4 Å². The molecule has 1 aromatic heterocycles. The van der Waals surface area contributed by atoms with E-state index in [1.807, 2.05) is 0 Å².